The Labute approximate surface area is 103 Å². The molecule has 0 saturated carbocycles. The Balaban J connectivity index is 2.80. The third-order valence-corrected chi connectivity index (χ3v) is 2.48. The number of nitrogens with one attached hydrogen (secondary N) is 1. The molecule has 0 aliphatic rings. The maximum absolute atomic E-state index is 11.3. The van der Waals surface area contributed by atoms with Crippen molar-refractivity contribution in [3.05, 3.63) is 17.0 Å². The molecule has 0 bridgehead atoms. The van der Waals surface area contributed by atoms with Gasteiger partial charge >= 0.3 is 0 Å². The quantitative estimate of drug-likeness (QED) is 0.827. The molecule has 0 saturated heterocycles. The molecule has 1 heterocycles. The Hall–Kier alpha value is -1.17. The van der Waals surface area contributed by atoms with Crippen molar-refractivity contribution in [2.24, 2.45) is 0 Å². The highest BCUT2D eigenvalue weighted by molar-refractivity contribution is 9.10. The van der Waals surface area contributed by atoms with Crippen molar-refractivity contribution in [1.29, 1.82) is 0 Å². The van der Waals surface area contributed by atoms with Gasteiger partial charge in [-0.2, -0.15) is 0 Å². The molecule has 0 aliphatic heterocycles. The molecule has 16 heavy (non-hydrogen) atoms. The molecule has 1 aromatic heterocycles. The number of aromatic nitrogens is 2. The van der Waals surface area contributed by atoms with Crippen LogP contribution in [0.25, 0.3) is 0 Å². The van der Waals surface area contributed by atoms with Crippen LogP contribution in [-0.2, 0) is 4.79 Å². The predicted molar refractivity (Wildman–Crippen MR) is 66.3 cm³/mol. The van der Waals surface area contributed by atoms with Crippen molar-refractivity contribution in [3.63, 3.8) is 0 Å². The van der Waals surface area contributed by atoms with Gasteiger partial charge in [-0.1, -0.05) is 6.92 Å². The Morgan fingerprint density at radius 3 is 2.88 bits per heavy atom. The largest absolute Gasteiger partial charge is 0.358 e. The molecule has 0 atom stereocenters. The standard InChI is InChI=1S/C10H15BrN4O/c1-3-4-15(6-10(16)12-2)9-5-8(11)13-7-14-9/h5,7H,3-4,6H2,1-2H3,(H,12,16). The van der Waals surface area contributed by atoms with Gasteiger partial charge in [0.25, 0.3) is 0 Å². The number of amides is 1. The van der Waals surface area contributed by atoms with Gasteiger partial charge in [-0.3, -0.25) is 4.79 Å². The van der Waals surface area contributed by atoms with Gasteiger partial charge in [0.2, 0.25) is 5.91 Å². The second kappa shape index (κ2) is 6.42. The summed E-state index contributed by atoms with van der Waals surface area (Å²) in [6.07, 6.45) is 2.44. The van der Waals surface area contributed by atoms with Crippen molar-refractivity contribution in [3.8, 4) is 0 Å². The second-order valence-corrected chi connectivity index (χ2v) is 4.11. The smallest absolute Gasteiger partial charge is 0.239 e. The molecule has 1 aromatic rings. The lowest BCUT2D eigenvalue weighted by Crippen LogP contribution is -2.36. The molecule has 88 valence electrons. The average Bonchev–Trinajstić information content (AvgIpc) is 2.28. The van der Waals surface area contributed by atoms with Crippen LogP contribution in [0.3, 0.4) is 0 Å². The van der Waals surface area contributed by atoms with Crippen molar-refractivity contribution in [2.45, 2.75) is 13.3 Å². The maximum atomic E-state index is 11.3. The van der Waals surface area contributed by atoms with Gasteiger partial charge in [0.15, 0.2) is 0 Å². The number of nitrogens with zero attached hydrogens (tertiary/aromatic N) is 3. The number of carbonyl (C=O) groups is 1. The first kappa shape index (κ1) is 12.9. The average molecular weight is 287 g/mol. The molecule has 1 rings (SSSR count). The second-order valence-electron chi connectivity index (χ2n) is 3.29. The summed E-state index contributed by atoms with van der Waals surface area (Å²) in [6.45, 7) is 3.16. The number of anilines is 1. The van der Waals surface area contributed by atoms with Crippen LogP contribution in [0.4, 0.5) is 5.82 Å². The zero-order chi connectivity index (χ0) is 12.0. The minimum absolute atomic E-state index is 0.0248. The summed E-state index contributed by atoms with van der Waals surface area (Å²) in [6, 6.07) is 1.80. The van der Waals surface area contributed by atoms with E-state index in [4.69, 9.17) is 0 Å². The van der Waals surface area contributed by atoms with Crippen LogP contribution in [0.1, 0.15) is 13.3 Å². The summed E-state index contributed by atoms with van der Waals surface area (Å²) >= 11 is 3.29. The molecule has 6 heteroatoms. The summed E-state index contributed by atoms with van der Waals surface area (Å²) in [4.78, 5) is 21.4. The summed E-state index contributed by atoms with van der Waals surface area (Å²) in [5.41, 5.74) is 0. The van der Waals surface area contributed by atoms with Gasteiger partial charge in [0, 0.05) is 19.7 Å². The molecule has 0 radical (unpaired) electrons. The molecule has 0 spiro atoms. The Morgan fingerprint density at radius 2 is 2.31 bits per heavy atom. The fourth-order valence-corrected chi connectivity index (χ4v) is 1.59. The maximum Gasteiger partial charge on any atom is 0.239 e. The van der Waals surface area contributed by atoms with Crippen LogP contribution >= 0.6 is 15.9 Å². The SMILES string of the molecule is CCCN(CC(=O)NC)c1cc(Br)ncn1. The number of carbonyl (C=O) groups excluding carboxylic acids is 1. The molecule has 1 amide bonds. The first-order valence-electron chi connectivity index (χ1n) is 5.10. The molecule has 0 fully saturated rings. The van der Waals surface area contributed by atoms with Crippen LogP contribution < -0.4 is 10.2 Å². The van der Waals surface area contributed by atoms with Gasteiger partial charge in [-0.05, 0) is 22.4 Å². The molecule has 1 N–H and O–H groups in total. The molecular formula is C10H15BrN4O. The van der Waals surface area contributed by atoms with Gasteiger partial charge in [-0.25, -0.2) is 9.97 Å². The Morgan fingerprint density at radius 1 is 1.56 bits per heavy atom. The highest BCUT2D eigenvalue weighted by atomic mass is 79.9. The minimum atomic E-state index is -0.0248. The topological polar surface area (TPSA) is 58.1 Å². The fourth-order valence-electron chi connectivity index (χ4n) is 1.29. The summed E-state index contributed by atoms with van der Waals surface area (Å²) in [7, 11) is 1.63. The van der Waals surface area contributed by atoms with E-state index in [-0.39, 0.29) is 5.91 Å². The lowest BCUT2D eigenvalue weighted by molar-refractivity contribution is -0.119. The Kier molecular flexibility index (Phi) is 5.18. The number of halogens is 1. The molecule has 0 unspecified atom stereocenters. The van der Waals surface area contributed by atoms with E-state index in [0.717, 1.165) is 23.4 Å². The van der Waals surface area contributed by atoms with Crippen LogP contribution in [0.5, 0.6) is 0 Å². The third-order valence-electron chi connectivity index (χ3n) is 2.05. The van der Waals surface area contributed by atoms with Crippen LogP contribution in [0.2, 0.25) is 0 Å². The van der Waals surface area contributed by atoms with E-state index >= 15 is 0 Å². The van der Waals surface area contributed by atoms with Crippen LogP contribution in [-0.4, -0.2) is 36.0 Å². The van der Waals surface area contributed by atoms with Crippen molar-refractivity contribution < 1.29 is 4.79 Å². The van der Waals surface area contributed by atoms with E-state index in [0.29, 0.717) is 6.54 Å². The van der Waals surface area contributed by atoms with E-state index in [2.05, 4.69) is 38.1 Å². The summed E-state index contributed by atoms with van der Waals surface area (Å²) in [5, 5.41) is 2.60. The zero-order valence-electron chi connectivity index (χ0n) is 9.40. The minimum Gasteiger partial charge on any atom is -0.358 e. The van der Waals surface area contributed by atoms with Crippen molar-refractivity contribution in [2.75, 3.05) is 25.0 Å². The van der Waals surface area contributed by atoms with E-state index in [1.165, 1.54) is 6.33 Å². The fraction of sp³-hybridized carbons (Fsp3) is 0.500. The number of likely N-dealkylation sites (N-methyl/N-ethyl adjacent to an activating group) is 1. The molecule has 0 aliphatic carbocycles. The third kappa shape index (κ3) is 3.77. The van der Waals surface area contributed by atoms with Crippen LogP contribution in [0.15, 0.2) is 17.0 Å². The predicted octanol–water partition coefficient (Wildman–Crippen LogP) is 1.20. The van der Waals surface area contributed by atoms with Gasteiger partial charge in [0.1, 0.15) is 16.7 Å². The zero-order valence-corrected chi connectivity index (χ0v) is 11.0. The van der Waals surface area contributed by atoms with E-state index in [1.807, 2.05) is 4.90 Å². The summed E-state index contributed by atoms with van der Waals surface area (Å²) in [5.74, 6) is 0.732. The van der Waals surface area contributed by atoms with Gasteiger partial charge in [0.05, 0.1) is 6.54 Å². The number of rotatable bonds is 5. The highest BCUT2D eigenvalue weighted by Gasteiger charge is 2.11. The van der Waals surface area contributed by atoms with E-state index in [9.17, 15) is 4.79 Å². The van der Waals surface area contributed by atoms with Crippen molar-refractivity contribution >= 4 is 27.7 Å². The molecule has 0 aromatic carbocycles. The normalized spacial score (nSPS) is 9.94. The first-order chi connectivity index (χ1) is 7.67. The first-order valence-corrected chi connectivity index (χ1v) is 5.89. The van der Waals surface area contributed by atoms with E-state index in [1.54, 1.807) is 13.1 Å². The summed E-state index contributed by atoms with van der Waals surface area (Å²) < 4.78 is 0.718. The number of hydrogen-bond acceptors (Lipinski definition) is 4. The van der Waals surface area contributed by atoms with Crippen LogP contribution in [0, 0.1) is 0 Å². The lowest BCUT2D eigenvalue weighted by atomic mass is 10.3. The molecule has 5 nitrogen and oxygen atoms in total. The van der Waals surface area contributed by atoms with Gasteiger partial charge < -0.3 is 10.2 Å². The Bertz CT molecular complexity index is 358. The van der Waals surface area contributed by atoms with Gasteiger partial charge in [-0.15, -0.1) is 0 Å². The van der Waals surface area contributed by atoms with E-state index < -0.39 is 0 Å². The van der Waals surface area contributed by atoms with Crippen molar-refractivity contribution in [1.82, 2.24) is 15.3 Å². The monoisotopic (exact) mass is 286 g/mol. The molecular weight excluding hydrogens is 272 g/mol. The lowest BCUT2D eigenvalue weighted by Gasteiger charge is -2.21. The number of hydrogen-bond donors (Lipinski definition) is 1. The highest BCUT2D eigenvalue weighted by Crippen LogP contribution is 2.14.